The Morgan fingerprint density at radius 3 is 2.19 bits per heavy atom. The first-order valence-corrected chi connectivity index (χ1v) is 5.03. The average Bonchev–Trinajstić information content (AvgIpc) is 1.99. The Morgan fingerprint density at radius 1 is 1.44 bits per heavy atom. The van der Waals surface area contributed by atoms with Crippen molar-refractivity contribution in [2.45, 2.75) is 51.3 Å². The fourth-order valence-electron chi connectivity index (χ4n) is 0.836. The number of nitrogens with two attached hydrogens (primary N) is 1. The maximum absolute atomic E-state index is 10.4. The van der Waals surface area contributed by atoms with Gasteiger partial charge in [-0.05, 0) is 27.7 Å². The smallest absolute Gasteiger partial charge is 0.473 e. The third-order valence-electron chi connectivity index (χ3n) is 2.67. The van der Waals surface area contributed by atoms with Crippen LogP contribution in [0.3, 0.4) is 0 Å². The quantitative estimate of drug-likeness (QED) is 0.454. The van der Waals surface area contributed by atoms with Gasteiger partial charge in [0.1, 0.15) is 0 Å². The van der Waals surface area contributed by atoms with Crippen LogP contribution in [0.25, 0.3) is 0 Å². The molecule has 94 valence electrons. The third-order valence-corrected chi connectivity index (χ3v) is 2.67. The number of carboxylic acids is 1. The van der Waals surface area contributed by atoms with Gasteiger partial charge in [0, 0.05) is 5.94 Å². The summed E-state index contributed by atoms with van der Waals surface area (Å²) in [7, 11) is -1.43. The van der Waals surface area contributed by atoms with Crippen LogP contribution in [0.5, 0.6) is 0 Å². The standard InChI is InChI=1S/C9H20BNO5/c1-8(2,14)9(3,4)16-10(15)6(11)5-7(12)13/h6,14-15H,5,11H2,1-4H3,(H,12,13). The molecule has 5 N–H and O–H groups in total. The molecule has 0 amide bonds. The van der Waals surface area contributed by atoms with Gasteiger partial charge in [-0.1, -0.05) is 0 Å². The maximum atomic E-state index is 10.4. The summed E-state index contributed by atoms with van der Waals surface area (Å²) in [5, 5.41) is 27.8. The highest BCUT2D eigenvalue weighted by molar-refractivity contribution is 6.45. The summed E-state index contributed by atoms with van der Waals surface area (Å²) < 4.78 is 5.18. The van der Waals surface area contributed by atoms with Gasteiger partial charge in [-0.25, -0.2) is 0 Å². The fourth-order valence-corrected chi connectivity index (χ4v) is 0.836. The highest BCUT2D eigenvalue weighted by atomic mass is 16.5. The molecule has 0 saturated heterocycles. The highest BCUT2D eigenvalue weighted by Gasteiger charge is 2.41. The van der Waals surface area contributed by atoms with Crippen molar-refractivity contribution in [2.75, 3.05) is 0 Å². The van der Waals surface area contributed by atoms with Gasteiger partial charge in [0.05, 0.1) is 17.6 Å². The van der Waals surface area contributed by atoms with Gasteiger partial charge in [-0.2, -0.15) is 0 Å². The maximum Gasteiger partial charge on any atom is 0.473 e. The number of aliphatic hydroxyl groups is 1. The van der Waals surface area contributed by atoms with E-state index in [1.54, 1.807) is 13.8 Å². The minimum Gasteiger partial charge on any atom is -0.481 e. The molecule has 16 heavy (non-hydrogen) atoms. The van der Waals surface area contributed by atoms with Gasteiger partial charge in [0.15, 0.2) is 0 Å². The molecule has 7 heteroatoms. The van der Waals surface area contributed by atoms with E-state index in [0.717, 1.165) is 0 Å². The molecule has 0 aliphatic rings. The van der Waals surface area contributed by atoms with Crippen LogP contribution in [0.4, 0.5) is 0 Å². The van der Waals surface area contributed by atoms with Crippen LogP contribution in [0.1, 0.15) is 34.1 Å². The molecule has 1 atom stereocenters. The summed E-state index contributed by atoms with van der Waals surface area (Å²) in [5.74, 6) is -2.14. The molecule has 0 aliphatic heterocycles. The van der Waals surface area contributed by atoms with E-state index in [2.05, 4.69) is 0 Å². The topological polar surface area (TPSA) is 113 Å². The predicted molar refractivity (Wildman–Crippen MR) is 59.7 cm³/mol. The largest absolute Gasteiger partial charge is 0.481 e. The van der Waals surface area contributed by atoms with Gasteiger partial charge in [-0.15, -0.1) is 0 Å². The number of hydrogen-bond donors (Lipinski definition) is 4. The molecular formula is C9H20BNO5. The van der Waals surface area contributed by atoms with Crippen molar-refractivity contribution in [1.82, 2.24) is 0 Å². The molecule has 0 aromatic rings. The van der Waals surface area contributed by atoms with E-state index in [-0.39, 0.29) is 0 Å². The van der Waals surface area contributed by atoms with Gasteiger partial charge >= 0.3 is 13.1 Å². The van der Waals surface area contributed by atoms with Gasteiger partial charge in [0.2, 0.25) is 0 Å². The molecule has 0 aliphatic carbocycles. The van der Waals surface area contributed by atoms with Gasteiger partial charge < -0.3 is 25.6 Å². The van der Waals surface area contributed by atoms with Crippen LogP contribution in [-0.4, -0.2) is 45.5 Å². The van der Waals surface area contributed by atoms with Crippen molar-refractivity contribution >= 4 is 13.1 Å². The zero-order chi connectivity index (χ0) is 13.1. The number of carbonyl (C=O) groups is 1. The zero-order valence-electron chi connectivity index (χ0n) is 10.1. The molecule has 0 radical (unpaired) electrons. The summed E-state index contributed by atoms with van der Waals surface area (Å²) in [5.41, 5.74) is 3.21. The minimum atomic E-state index is -1.43. The SMILES string of the molecule is CC(C)(O)C(C)(C)OB(O)C(N)CC(=O)O. The second kappa shape index (κ2) is 5.14. The summed E-state index contributed by atoms with van der Waals surface area (Å²) in [6.45, 7) is 6.23. The molecule has 0 aromatic carbocycles. The summed E-state index contributed by atoms with van der Waals surface area (Å²) >= 11 is 0. The third kappa shape index (κ3) is 4.48. The van der Waals surface area contributed by atoms with Crippen LogP contribution in [0.15, 0.2) is 0 Å². The van der Waals surface area contributed by atoms with E-state index in [1.165, 1.54) is 13.8 Å². The number of hydrogen-bond acceptors (Lipinski definition) is 5. The number of carboxylic acid groups (broad SMARTS) is 1. The Balaban J connectivity index is 4.44. The van der Waals surface area contributed by atoms with Crippen molar-refractivity contribution in [3.8, 4) is 0 Å². The summed E-state index contributed by atoms with van der Waals surface area (Å²) in [6.07, 6.45) is -0.400. The Hall–Kier alpha value is -0.625. The van der Waals surface area contributed by atoms with Gasteiger partial charge in [0.25, 0.3) is 0 Å². The molecule has 1 unspecified atom stereocenters. The van der Waals surface area contributed by atoms with Crippen LogP contribution >= 0.6 is 0 Å². The van der Waals surface area contributed by atoms with E-state index in [4.69, 9.17) is 15.5 Å². The van der Waals surface area contributed by atoms with E-state index in [9.17, 15) is 14.9 Å². The Bertz CT molecular complexity index is 251. The molecule has 0 bridgehead atoms. The first-order chi connectivity index (χ1) is 6.97. The minimum absolute atomic E-state index is 0.400. The lowest BCUT2D eigenvalue weighted by Gasteiger charge is -2.39. The van der Waals surface area contributed by atoms with E-state index in [0.29, 0.717) is 0 Å². The van der Waals surface area contributed by atoms with Crippen molar-refractivity contribution < 1.29 is 24.7 Å². The van der Waals surface area contributed by atoms with E-state index in [1.807, 2.05) is 0 Å². The normalized spacial score (nSPS) is 14.7. The molecule has 0 heterocycles. The Morgan fingerprint density at radius 2 is 1.88 bits per heavy atom. The van der Waals surface area contributed by atoms with Crippen molar-refractivity contribution in [2.24, 2.45) is 5.73 Å². The van der Waals surface area contributed by atoms with E-state index >= 15 is 0 Å². The zero-order valence-corrected chi connectivity index (χ0v) is 10.1. The lowest BCUT2D eigenvalue weighted by molar-refractivity contribution is -0.137. The lowest BCUT2D eigenvalue weighted by atomic mass is 9.75. The van der Waals surface area contributed by atoms with Crippen LogP contribution in [-0.2, 0) is 9.45 Å². The number of rotatable bonds is 6. The Labute approximate surface area is 95.5 Å². The van der Waals surface area contributed by atoms with Gasteiger partial charge in [-0.3, -0.25) is 4.79 Å². The second-order valence-corrected chi connectivity index (χ2v) is 4.84. The molecule has 0 spiro atoms. The second-order valence-electron chi connectivity index (χ2n) is 4.84. The molecule has 6 nitrogen and oxygen atoms in total. The van der Waals surface area contributed by atoms with Crippen LogP contribution in [0.2, 0.25) is 0 Å². The molecule has 0 rings (SSSR count). The van der Waals surface area contributed by atoms with Crippen molar-refractivity contribution in [3.05, 3.63) is 0 Å². The highest BCUT2D eigenvalue weighted by Crippen LogP contribution is 2.25. The molecule has 0 saturated carbocycles. The predicted octanol–water partition coefficient (Wildman–Crippen LogP) is -0.626. The summed E-state index contributed by atoms with van der Waals surface area (Å²) in [4.78, 5) is 10.4. The van der Waals surface area contributed by atoms with E-state index < -0.39 is 36.7 Å². The fraction of sp³-hybridized carbons (Fsp3) is 0.889. The first kappa shape index (κ1) is 15.4. The number of aliphatic carboxylic acids is 1. The average molecular weight is 233 g/mol. The lowest BCUT2D eigenvalue weighted by Crippen LogP contribution is -2.55. The molecular weight excluding hydrogens is 213 g/mol. The monoisotopic (exact) mass is 233 g/mol. The summed E-state index contributed by atoms with van der Waals surface area (Å²) in [6, 6.07) is 0. The molecule has 0 fully saturated rings. The molecule has 0 aromatic heterocycles. The first-order valence-electron chi connectivity index (χ1n) is 5.03. The van der Waals surface area contributed by atoms with Crippen LogP contribution in [0, 0.1) is 0 Å². The van der Waals surface area contributed by atoms with Crippen LogP contribution < -0.4 is 5.73 Å². The Kier molecular flexibility index (Phi) is 4.94. The van der Waals surface area contributed by atoms with Crippen molar-refractivity contribution in [3.63, 3.8) is 0 Å². The van der Waals surface area contributed by atoms with Crippen molar-refractivity contribution in [1.29, 1.82) is 0 Å².